The average molecular weight is 505 g/mol. The van der Waals surface area contributed by atoms with Crippen LogP contribution in [0.4, 0.5) is 0 Å². The number of fused-ring (bicyclic) bond motifs is 1. The van der Waals surface area contributed by atoms with Crippen molar-refractivity contribution in [3.05, 3.63) is 69.2 Å². The van der Waals surface area contributed by atoms with Crippen LogP contribution in [0.2, 0.25) is 0 Å². The van der Waals surface area contributed by atoms with Gasteiger partial charge in [-0.1, -0.05) is 28.1 Å². The second-order valence-electron chi connectivity index (χ2n) is 7.91. The van der Waals surface area contributed by atoms with E-state index in [1.54, 1.807) is 41.9 Å². The van der Waals surface area contributed by atoms with Crippen molar-refractivity contribution in [1.29, 1.82) is 0 Å². The van der Waals surface area contributed by atoms with E-state index in [1.165, 1.54) is 0 Å². The van der Waals surface area contributed by atoms with Crippen LogP contribution >= 0.6 is 15.9 Å². The van der Waals surface area contributed by atoms with Crippen molar-refractivity contribution in [3.63, 3.8) is 0 Å². The predicted molar refractivity (Wildman–Crippen MR) is 124 cm³/mol. The van der Waals surface area contributed by atoms with Gasteiger partial charge >= 0.3 is 0 Å². The number of benzene rings is 2. The van der Waals surface area contributed by atoms with E-state index in [2.05, 4.69) is 25.6 Å². The predicted octanol–water partition coefficient (Wildman–Crippen LogP) is 3.20. The number of para-hydroxylation sites is 1. The molecule has 1 aromatic heterocycles. The lowest BCUT2D eigenvalue weighted by atomic mass is 10.0. The minimum Gasteiger partial charge on any atom is -0.298 e. The maximum Gasteiger partial charge on any atom is 0.261 e. The molecule has 2 heterocycles. The largest absolute Gasteiger partial charge is 0.298 e. The Morgan fingerprint density at radius 1 is 1.10 bits per heavy atom. The fourth-order valence-corrected chi connectivity index (χ4v) is 5.65. The molecule has 3 aromatic rings. The van der Waals surface area contributed by atoms with Crippen molar-refractivity contribution in [2.24, 2.45) is 7.05 Å². The van der Waals surface area contributed by atoms with Gasteiger partial charge in [0.05, 0.1) is 21.8 Å². The highest BCUT2D eigenvalue weighted by atomic mass is 79.9. The molecule has 0 spiro atoms. The molecule has 31 heavy (non-hydrogen) atoms. The highest BCUT2D eigenvalue weighted by Crippen LogP contribution is 2.24. The summed E-state index contributed by atoms with van der Waals surface area (Å²) in [5.41, 5.74) is 0.647. The van der Waals surface area contributed by atoms with E-state index in [0.717, 1.165) is 23.4 Å². The molecule has 1 N–H and O–H groups in total. The van der Waals surface area contributed by atoms with E-state index in [1.807, 2.05) is 25.1 Å². The fraction of sp³-hybridized carbons (Fsp3) is 0.364. The van der Waals surface area contributed by atoms with Crippen molar-refractivity contribution >= 4 is 36.9 Å². The van der Waals surface area contributed by atoms with Gasteiger partial charge in [-0.15, -0.1) is 0 Å². The Morgan fingerprint density at radius 2 is 1.74 bits per heavy atom. The maximum atomic E-state index is 12.7. The van der Waals surface area contributed by atoms with E-state index in [-0.39, 0.29) is 22.5 Å². The second-order valence-corrected chi connectivity index (χ2v) is 10.5. The molecule has 7 nitrogen and oxygen atoms in total. The van der Waals surface area contributed by atoms with E-state index in [4.69, 9.17) is 4.98 Å². The van der Waals surface area contributed by atoms with Gasteiger partial charge in [0.15, 0.2) is 0 Å². The van der Waals surface area contributed by atoms with Gasteiger partial charge in [0, 0.05) is 30.7 Å². The van der Waals surface area contributed by atoms with Gasteiger partial charge < -0.3 is 0 Å². The number of sulfonamides is 1. The van der Waals surface area contributed by atoms with Crippen molar-refractivity contribution in [2.75, 3.05) is 13.1 Å². The molecule has 1 atom stereocenters. The topological polar surface area (TPSA) is 84.3 Å². The molecule has 0 amide bonds. The summed E-state index contributed by atoms with van der Waals surface area (Å²) >= 11 is 3.33. The van der Waals surface area contributed by atoms with Crippen LogP contribution in [0.1, 0.15) is 31.6 Å². The van der Waals surface area contributed by atoms with Crippen molar-refractivity contribution in [3.8, 4) is 0 Å². The van der Waals surface area contributed by atoms with Crippen LogP contribution in [0, 0.1) is 0 Å². The summed E-state index contributed by atoms with van der Waals surface area (Å²) in [5.74, 6) is 0.720. The van der Waals surface area contributed by atoms with Crippen LogP contribution in [0.5, 0.6) is 0 Å². The Morgan fingerprint density at radius 3 is 2.42 bits per heavy atom. The van der Waals surface area contributed by atoms with Gasteiger partial charge in [0.1, 0.15) is 5.82 Å². The highest BCUT2D eigenvalue weighted by Gasteiger charge is 2.28. The molecule has 9 heteroatoms. The molecule has 1 fully saturated rings. The Kier molecular flexibility index (Phi) is 6.30. The molecule has 0 saturated carbocycles. The number of rotatable bonds is 5. The Labute approximate surface area is 190 Å². The molecule has 164 valence electrons. The van der Waals surface area contributed by atoms with Crippen molar-refractivity contribution < 1.29 is 8.42 Å². The lowest BCUT2D eigenvalue weighted by Crippen LogP contribution is -2.46. The standard InChI is InChI=1S/C22H25BrN4O3S/c1-15(21-24-20-6-4-3-5-19(20)22(28)26(21)2)27-13-11-17(12-14-27)25-31(29,30)18-9-7-16(23)8-10-18/h3-10,15,17,25H,11-14H2,1-2H3. The number of nitrogens with one attached hydrogen (secondary N) is 1. The van der Waals surface area contributed by atoms with Gasteiger partial charge in [0.2, 0.25) is 10.0 Å². The third-order valence-electron chi connectivity index (χ3n) is 5.91. The normalized spacial score (nSPS) is 17.1. The van der Waals surface area contributed by atoms with Crippen LogP contribution in [-0.2, 0) is 17.1 Å². The first-order chi connectivity index (χ1) is 14.8. The number of hydrogen-bond acceptors (Lipinski definition) is 5. The summed E-state index contributed by atoms with van der Waals surface area (Å²) in [6.45, 7) is 3.48. The zero-order valence-corrected chi connectivity index (χ0v) is 19.9. The summed E-state index contributed by atoms with van der Waals surface area (Å²) in [4.78, 5) is 20.0. The SMILES string of the molecule is CC(c1nc2ccccc2c(=O)n1C)N1CCC(NS(=O)(=O)c2ccc(Br)cc2)CC1. The number of hydrogen-bond donors (Lipinski definition) is 1. The number of halogens is 1. The summed E-state index contributed by atoms with van der Waals surface area (Å²) in [5, 5.41) is 0.613. The van der Waals surface area contributed by atoms with Crippen LogP contribution in [0.25, 0.3) is 10.9 Å². The van der Waals surface area contributed by atoms with Gasteiger partial charge in [0.25, 0.3) is 5.56 Å². The Balaban J connectivity index is 1.45. The van der Waals surface area contributed by atoms with Crippen molar-refractivity contribution in [1.82, 2.24) is 19.2 Å². The van der Waals surface area contributed by atoms with E-state index < -0.39 is 10.0 Å². The lowest BCUT2D eigenvalue weighted by Gasteiger charge is -2.36. The lowest BCUT2D eigenvalue weighted by molar-refractivity contribution is 0.151. The molecule has 1 aliphatic heterocycles. The molecular weight excluding hydrogens is 480 g/mol. The van der Waals surface area contributed by atoms with Crippen molar-refractivity contribution in [2.45, 2.75) is 36.7 Å². The van der Waals surface area contributed by atoms with Gasteiger partial charge in [-0.05, 0) is 56.2 Å². The highest BCUT2D eigenvalue weighted by molar-refractivity contribution is 9.10. The molecule has 0 radical (unpaired) electrons. The zero-order chi connectivity index (χ0) is 22.2. The van der Waals surface area contributed by atoms with Gasteiger partial charge in [-0.3, -0.25) is 14.3 Å². The second kappa shape index (κ2) is 8.82. The summed E-state index contributed by atoms with van der Waals surface area (Å²) in [7, 11) is -1.79. The molecule has 4 rings (SSSR count). The summed E-state index contributed by atoms with van der Waals surface area (Å²) in [6, 6.07) is 13.8. The minimum absolute atomic E-state index is 0.0497. The molecule has 1 unspecified atom stereocenters. The third-order valence-corrected chi connectivity index (χ3v) is 7.98. The quantitative estimate of drug-likeness (QED) is 0.576. The van der Waals surface area contributed by atoms with E-state index in [0.29, 0.717) is 23.7 Å². The Hall–Kier alpha value is -2.07. The van der Waals surface area contributed by atoms with Crippen LogP contribution in [0.15, 0.2) is 62.7 Å². The van der Waals surface area contributed by atoms with Crippen LogP contribution in [-0.4, -0.2) is 42.0 Å². The molecule has 1 saturated heterocycles. The number of piperidine rings is 1. The molecule has 0 bridgehead atoms. The Bertz CT molecular complexity index is 1250. The van der Waals surface area contributed by atoms with Crippen LogP contribution < -0.4 is 10.3 Å². The molecular formula is C22H25BrN4O3S. The first-order valence-corrected chi connectivity index (χ1v) is 12.5. The average Bonchev–Trinajstić information content (AvgIpc) is 2.76. The minimum atomic E-state index is -3.55. The number of aromatic nitrogens is 2. The molecule has 0 aliphatic carbocycles. The first kappa shape index (κ1) is 22.1. The summed E-state index contributed by atoms with van der Waals surface area (Å²) < 4.78 is 30.6. The van der Waals surface area contributed by atoms with Gasteiger partial charge in [-0.25, -0.2) is 18.1 Å². The monoisotopic (exact) mass is 504 g/mol. The first-order valence-electron chi connectivity index (χ1n) is 10.2. The van der Waals surface area contributed by atoms with E-state index >= 15 is 0 Å². The maximum absolute atomic E-state index is 12.7. The number of nitrogens with zero attached hydrogens (tertiary/aromatic N) is 3. The smallest absolute Gasteiger partial charge is 0.261 e. The number of likely N-dealkylation sites (tertiary alicyclic amines) is 1. The molecule has 2 aromatic carbocycles. The molecule has 1 aliphatic rings. The fourth-order valence-electron chi connectivity index (χ4n) is 4.08. The van der Waals surface area contributed by atoms with Crippen LogP contribution in [0.3, 0.4) is 0 Å². The summed E-state index contributed by atoms with van der Waals surface area (Å²) in [6.07, 6.45) is 1.39. The van der Waals surface area contributed by atoms with E-state index in [9.17, 15) is 13.2 Å². The zero-order valence-electron chi connectivity index (χ0n) is 17.5. The third kappa shape index (κ3) is 4.59. The van der Waals surface area contributed by atoms with Gasteiger partial charge in [-0.2, -0.15) is 0 Å².